The number of pyridine rings is 1. The lowest BCUT2D eigenvalue weighted by Crippen LogP contribution is -1.92. The van der Waals surface area contributed by atoms with E-state index < -0.39 is 0 Å². The number of rotatable bonds is 2. The molecule has 1 rings (SSSR count). The van der Waals surface area contributed by atoms with Gasteiger partial charge in [0.15, 0.2) is 0 Å². The van der Waals surface area contributed by atoms with Crippen molar-refractivity contribution in [3.63, 3.8) is 0 Å². The van der Waals surface area contributed by atoms with Crippen LogP contribution >= 0.6 is 0 Å². The van der Waals surface area contributed by atoms with Gasteiger partial charge >= 0.3 is 0 Å². The molecule has 3 heteroatoms. The van der Waals surface area contributed by atoms with Gasteiger partial charge in [-0.25, -0.2) is 0 Å². The Balaban J connectivity index is 2.89. The quantitative estimate of drug-likeness (QED) is 0.685. The monoisotopic (exact) mass is 164 g/mol. The Morgan fingerprint density at radius 2 is 2.42 bits per heavy atom. The maximum atomic E-state index is 8.51. The zero-order valence-corrected chi connectivity index (χ0v) is 6.99. The third-order valence-corrected chi connectivity index (χ3v) is 1.57. The van der Waals surface area contributed by atoms with Crippen LogP contribution in [-0.4, -0.2) is 16.7 Å². The van der Waals surface area contributed by atoms with E-state index in [1.807, 2.05) is 13.0 Å². The van der Waals surface area contributed by atoms with E-state index >= 15 is 0 Å². The average Bonchev–Trinajstić information content (AvgIpc) is 2.07. The molecule has 1 aromatic heterocycles. The van der Waals surface area contributed by atoms with Crippen LogP contribution in [-0.2, 0) is 0 Å². The van der Waals surface area contributed by atoms with Crippen LogP contribution in [0.4, 0.5) is 5.69 Å². The second-order valence-electron chi connectivity index (χ2n) is 2.55. The van der Waals surface area contributed by atoms with Crippen molar-refractivity contribution in [1.82, 2.24) is 4.98 Å². The number of aromatic nitrogens is 1. The Morgan fingerprint density at radius 3 is 3.00 bits per heavy atom. The van der Waals surface area contributed by atoms with Crippen molar-refractivity contribution in [2.24, 2.45) is 0 Å². The zero-order valence-electron chi connectivity index (χ0n) is 6.99. The number of nitrogen functional groups attached to an aromatic ring is 1. The Morgan fingerprint density at radius 1 is 1.67 bits per heavy atom. The fraction of sp³-hybridized carbons (Fsp3) is 0.222. The molecule has 12 heavy (non-hydrogen) atoms. The Labute approximate surface area is 71.6 Å². The molecule has 0 spiro atoms. The van der Waals surface area contributed by atoms with Gasteiger partial charge in [-0.05, 0) is 24.6 Å². The summed E-state index contributed by atoms with van der Waals surface area (Å²) in [6.07, 6.45) is 5.01. The molecule has 0 aliphatic carbocycles. The molecule has 1 heterocycles. The molecular weight excluding hydrogens is 152 g/mol. The number of aliphatic hydroxyl groups excluding tert-OH is 1. The predicted octanol–water partition coefficient (Wildman–Crippen LogP) is 0.978. The first-order valence-corrected chi connectivity index (χ1v) is 3.73. The van der Waals surface area contributed by atoms with Crippen molar-refractivity contribution in [3.05, 3.63) is 29.6 Å². The molecule has 0 amide bonds. The number of nitrogens with two attached hydrogens (primary N) is 1. The van der Waals surface area contributed by atoms with Gasteiger partial charge in [-0.1, -0.05) is 6.08 Å². The molecule has 1 aromatic rings. The topological polar surface area (TPSA) is 59.1 Å². The predicted molar refractivity (Wildman–Crippen MR) is 49.5 cm³/mol. The van der Waals surface area contributed by atoms with Crippen molar-refractivity contribution >= 4 is 11.8 Å². The molecule has 3 nitrogen and oxygen atoms in total. The second-order valence-corrected chi connectivity index (χ2v) is 2.55. The van der Waals surface area contributed by atoms with Gasteiger partial charge in [-0.2, -0.15) is 0 Å². The van der Waals surface area contributed by atoms with E-state index in [-0.39, 0.29) is 6.61 Å². The molecule has 0 fully saturated rings. The second kappa shape index (κ2) is 3.88. The van der Waals surface area contributed by atoms with Crippen LogP contribution in [0.2, 0.25) is 0 Å². The van der Waals surface area contributed by atoms with Gasteiger partial charge in [-0.15, -0.1) is 0 Å². The number of hydrogen-bond acceptors (Lipinski definition) is 3. The molecule has 0 unspecified atom stereocenters. The lowest BCUT2D eigenvalue weighted by molar-refractivity contribution is 0.343. The van der Waals surface area contributed by atoms with Crippen LogP contribution in [0.25, 0.3) is 6.08 Å². The van der Waals surface area contributed by atoms with Crippen LogP contribution in [0.1, 0.15) is 11.3 Å². The van der Waals surface area contributed by atoms with E-state index in [0.29, 0.717) is 5.69 Å². The van der Waals surface area contributed by atoms with Crippen LogP contribution in [0.5, 0.6) is 0 Å². The zero-order chi connectivity index (χ0) is 8.97. The van der Waals surface area contributed by atoms with E-state index in [2.05, 4.69) is 4.98 Å². The fourth-order valence-electron chi connectivity index (χ4n) is 0.853. The van der Waals surface area contributed by atoms with Crippen molar-refractivity contribution < 1.29 is 5.11 Å². The highest BCUT2D eigenvalue weighted by molar-refractivity contribution is 5.52. The minimum absolute atomic E-state index is 0.0328. The summed E-state index contributed by atoms with van der Waals surface area (Å²) >= 11 is 0. The number of anilines is 1. The molecule has 3 N–H and O–H groups in total. The minimum Gasteiger partial charge on any atom is -0.397 e. The van der Waals surface area contributed by atoms with Gasteiger partial charge in [0.25, 0.3) is 0 Å². The van der Waals surface area contributed by atoms with Gasteiger partial charge in [0.1, 0.15) is 0 Å². The normalized spacial score (nSPS) is 10.8. The summed E-state index contributed by atoms with van der Waals surface area (Å²) in [5.74, 6) is 0. The van der Waals surface area contributed by atoms with E-state index in [1.165, 1.54) is 0 Å². The van der Waals surface area contributed by atoms with Crippen molar-refractivity contribution in [3.8, 4) is 0 Å². The molecule has 0 saturated heterocycles. The van der Waals surface area contributed by atoms with E-state index in [4.69, 9.17) is 10.8 Å². The lowest BCUT2D eigenvalue weighted by Gasteiger charge is -1.99. The van der Waals surface area contributed by atoms with Gasteiger partial charge in [0.05, 0.1) is 24.2 Å². The van der Waals surface area contributed by atoms with Crippen LogP contribution < -0.4 is 5.73 Å². The molecule has 0 aliphatic heterocycles. The van der Waals surface area contributed by atoms with E-state index in [9.17, 15) is 0 Å². The Bertz CT molecular complexity index is 295. The molecule has 0 radical (unpaired) electrons. The third-order valence-electron chi connectivity index (χ3n) is 1.57. The number of nitrogens with zero attached hydrogens (tertiary/aromatic N) is 1. The molecule has 0 atom stereocenters. The van der Waals surface area contributed by atoms with Crippen LogP contribution in [0.3, 0.4) is 0 Å². The SMILES string of the molecule is Cc1cc(C=CCO)ncc1N. The summed E-state index contributed by atoms with van der Waals surface area (Å²) in [6.45, 7) is 1.96. The van der Waals surface area contributed by atoms with Gasteiger partial charge in [-0.3, -0.25) is 4.98 Å². The third kappa shape index (κ3) is 2.07. The van der Waals surface area contributed by atoms with Crippen molar-refractivity contribution in [2.75, 3.05) is 12.3 Å². The first kappa shape index (κ1) is 8.74. The number of hydrogen-bond donors (Lipinski definition) is 2. The highest BCUT2D eigenvalue weighted by atomic mass is 16.2. The highest BCUT2D eigenvalue weighted by Gasteiger charge is 1.93. The van der Waals surface area contributed by atoms with Crippen LogP contribution in [0, 0.1) is 6.92 Å². The smallest absolute Gasteiger partial charge is 0.0631 e. The van der Waals surface area contributed by atoms with Crippen LogP contribution in [0.15, 0.2) is 18.3 Å². The molecule has 64 valence electrons. The standard InChI is InChI=1S/C9H12N2O/c1-7-5-8(3-2-4-12)11-6-9(7)10/h2-3,5-6,12H,4,10H2,1H3. The summed E-state index contributed by atoms with van der Waals surface area (Å²) in [5.41, 5.74) is 8.09. The van der Waals surface area contributed by atoms with Crippen molar-refractivity contribution in [2.45, 2.75) is 6.92 Å². The average molecular weight is 164 g/mol. The van der Waals surface area contributed by atoms with Gasteiger partial charge in [0.2, 0.25) is 0 Å². The molecule has 0 saturated carbocycles. The maximum absolute atomic E-state index is 8.51. The van der Waals surface area contributed by atoms with E-state index in [1.54, 1.807) is 18.3 Å². The van der Waals surface area contributed by atoms with Crippen molar-refractivity contribution in [1.29, 1.82) is 0 Å². The molecule has 0 aromatic carbocycles. The maximum Gasteiger partial charge on any atom is 0.0631 e. The molecule has 0 bridgehead atoms. The summed E-state index contributed by atoms with van der Waals surface area (Å²) in [6, 6.07) is 1.88. The molecular formula is C9H12N2O. The highest BCUT2D eigenvalue weighted by Crippen LogP contribution is 2.10. The van der Waals surface area contributed by atoms with E-state index in [0.717, 1.165) is 11.3 Å². The fourth-order valence-corrected chi connectivity index (χ4v) is 0.853. The van der Waals surface area contributed by atoms with Gasteiger partial charge in [0, 0.05) is 0 Å². The molecule has 0 aliphatic rings. The van der Waals surface area contributed by atoms with Gasteiger partial charge < -0.3 is 10.8 Å². The summed E-state index contributed by atoms with van der Waals surface area (Å²) < 4.78 is 0. The first-order valence-electron chi connectivity index (χ1n) is 3.73. The minimum atomic E-state index is 0.0328. The largest absolute Gasteiger partial charge is 0.397 e. The lowest BCUT2D eigenvalue weighted by atomic mass is 10.2. The summed E-state index contributed by atoms with van der Waals surface area (Å²) in [7, 11) is 0. The first-order chi connectivity index (χ1) is 5.74. The Kier molecular flexibility index (Phi) is 2.82. The summed E-state index contributed by atoms with van der Waals surface area (Å²) in [5, 5.41) is 8.51. The Hall–Kier alpha value is -1.35. The number of aryl methyl sites for hydroxylation is 1. The summed E-state index contributed by atoms with van der Waals surface area (Å²) in [4.78, 5) is 4.05. The number of aliphatic hydroxyl groups is 1.